The SMILES string of the molecule is C/C=C\C(=NC)NOC(=O)c1ccccc1.CC(C)(O)O.CCC(C)C=O.CCCC(CO)OC. The van der Waals surface area contributed by atoms with Gasteiger partial charge in [-0.1, -0.05) is 51.5 Å². The number of hydrogen-bond acceptors (Lipinski definition) is 8. The number of methoxy groups -OCH3 is 1. The molecule has 0 saturated heterocycles. The Balaban J connectivity index is -0.000000450. The van der Waals surface area contributed by atoms with E-state index in [0.29, 0.717) is 11.4 Å². The molecule has 0 heterocycles. The molecule has 0 amide bonds. The van der Waals surface area contributed by atoms with Gasteiger partial charge in [-0.25, -0.2) is 10.3 Å². The molecule has 9 nitrogen and oxygen atoms in total. The van der Waals surface area contributed by atoms with E-state index in [2.05, 4.69) is 17.4 Å². The van der Waals surface area contributed by atoms with Gasteiger partial charge >= 0.3 is 5.97 Å². The summed E-state index contributed by atoms with van der Waals surface area (Å²) in [6, 6.07) is 8.75. The number of allylic oxidation sites excluding steroid dienone is 1. The zero-order chi connectivity index (χ0) is 27.7. The van der Waals surface area contributed by atoms with Gasteiger partial charge in [0.1, 0.15) is 6.29 Å². The lowest BCUT2D eigenvalue weighted by molar-refractivity contribution is -0.127. The third-order valence-electron chi connectivity index (χ3n) is 3.85. The van der Waals surface area contributed by atoms with Crippen LogP contribution in [0, 0.1) is 5.92 Å². The molecule has 0 fully saturated rings. The van der Waals surface area contributed by atoms with Crippen molar-refractivity contribution in [3.8, 4) is 0 Å². The van der Waals surface area contributed by atoms with Gasteiger partial charge in [0, 0.05) is 20.1 Å². The fourth-order valence-electron chi connectivity index (χ4n) is 1.75. The van der Waals surface area contributed by atoms with Crippen LogP contribution in [0.25, 0.3) is 0 Å². The first-order valence-corrected chi connectivity index (χ1v) is 11.6. The number of rotatable bonds is 8. The summed E-state index contributed by atoms with van der Waals surface area (Å²) in [4.78, 5) is 30.0. The fourth-order valence-corrected chi connectivity index (χ4v) is 1.75. The van der Waals surface area contributed by atoms with Crippen LogP contribution in [0.2, 0.25) is 0 Å². The molecule has 0 bridgehead atoms. The summed E-state index contributed by atoms with van der Waals surface area (Å²) in [5, 5.41) is 24.7. The summed E-state index contributed by atoms with van der Waals surface area (Å²) in [7, 11) is 3.23. The third-order valence-corrected chi connectivity index (χ3v) is 3.85. The highest BCUT2D eigenvalue weighted by Crippen LogP contribution is 2.00. The monoisotopic (exact) mass is 498 g/mol. The number of ether oxygens (including phenoxy) is 1. The van der Waals surface area contributed by atoms with E-state index in [0.717, 1.165) is 25.5 Å². The lowest BCUT2D eigenvalue weighted by atomic mass is 10.2. The number of amidine groups is 1. The van der Waals surface area contributed by atoms with E-state index in [1.165, 1.54) is 13.8 Å². The number of carbonyl (C=O) groups excluding carboxylic acids is 2. The molecule has 1 aromatic carbocycles. The smallest absolute Gasteiger partial charge is 0.362 e. The number of benzene rings is 1. The third kappa shape index (κ3) is 29.4. The molecule has 202 valence electrons. The van der Waals surface area contributed by atoms with Crippen molar-refractivity contribution in [2.24, 2.45) is 10.9 Å². The van der Waals surface area contributed by atoms with Crippen molar-refractivity contribution in [3.05, 3.63) is 48.0 Å². The lowest BCUT2D eigenvalue weighted by Crippen LogP contribution is -2.25. The van der Waals surface area contributed by atoms with Crippen LogP contribution in [-0.4, -0.2) is 66.1 Å². The Bertz CT molecular complexity index is 677. The van der Waals surface area contributed by atoms with Crippen molar-refractivity contribution in [2.45, 2.75) is 72.7 Å². The molecular weight excluding hydrogens is 452 g/mol. The van der Waals surface area contributed by atoms with Crippen LogP contribution in [0.15, 0.2) is 47.5 Å². The van der Waals surface area contributed by atoms with Crippen molar-refractivity contribution >= 4 is 18.1 Å². The van der Waals surface area contributed by atoms with Crippen LogP contribution in [-0.2, 0) is 14.4 Å². The minimum absolute atomic E-state index is 0.0556. The van der Waals surface area contributed by atoms with Crippen molar-refractivity contribution in [2.75, 3.05) is 20.8 Å². The average molecular weight is 499 g/mol. The van der Waals surface area contributed by atoms with E-state index in [-0.39, 0.29) is 18.6 Å². The summed E-state index contributed by atoms with van der Waals surface area (Å²) in [5.41, 5.74) is 2.97. The molecule has 2 unspecified atom stereocenters. The van der Waals surface area contributed by atoms with Crippen LogP contribution in [0.1, 0.15) is 71.2 Å². The Morgan fingerprint density at radius 3 is 2.03 bits per heavy atom. The van der Waals surface area contributed by atoms with E-state index in [1.807, 2.05) is 26.8 Å². The van der Waals surface area contributed by atoms with E-state index in [9.17, 15) is 9.59 Å². The highest BCUT2D eigenvalue weighted by molar-refractivity contribution is 5.94. The molecule has 0 radical (unpaired) electrons. The molecule has 4 N–H and O–H groups in total. The van der Waals surface area contributed by atoms with E-state index in [1.54, 1.807) is 50.6 Å². The molecule has 0 saturated carbocycles. The number of aliphatic imine (C=N–C) groups is 1. The molecule has 9 heteroatoms. The molecule has 35 heavy (non-hydrogen) atoms. The maximum absolute atomic E-state index is 11.5. The second-order valence-corrected chi connectivity index (χ2v) is 7.81. The molecular formula is C26H46N2O7. The van der Waals surface area contributed by atoms with Crippen LogP contribution in [0.5, 0.6) is 0 Å². The Morgan fingerprint density at radius 1 is 1.20 bits per heavy atom. The zero-order valence-corrected chi connectivity index (χ0v) is 22.5. The fraction of sp³-hybridized carbons (Fsp3) is 0.577. The Labute approximate surface area is 210 Å². The van der Waals surface area contributed by atoms with Gasteiger partial charge < -0.3 is 29.7 Å². The Kier molecular flexibility index (Phi) is 25.9. The van der Waals surface area contributed by atoms with E-state index < -0.39 is 11.8 Å². The van der Waals surface area contributed by atoms with Crippen LogP contribution >= 0.6 is 0 Å². The normalized spacial score (nSPS) is 12.5. The first kappa shape index (κ1) is 37.0. The minimum Gasteiger partial charge on any atom is -0.394 e. The predicted molar refractivity (Wildman–Crippen MR) is 140 cm³/mol. The van der Waals surface area contributed by atoms with Gasteiger partial charge in [-0.3, -0.25) is 4.99 Å². The van der Waals surface area contributed by atoms with E-state index >= 15 is 0 Å². The van der Waals surface area contributed by atoms with E-state index in [4.69, 9.17) is 24.9 Å². The average Bonchev–Trinajstić information content (AvgIpc) is 2.84. The van der Waals surface area contributed by atoms with Crippen molar-refractivity contribution in [3.63, 3.8) is 0 Å². The van der Waals surface area contributed by atoms with Crippen molar-refractivity contribution < 1.29 is 34.5 Å². The number of aliphatic hydroxyl groups is 3. The quantitative estimate of drug-likeness (QED) is 0.140. The van der Waals surface area contributed by atoms with Crippen molar-refractivity contribution in [1.82, 2.24) is 5.48 Å². The van der Waals surface area contributed by atoms with Crippen LogP contribution in [0.3, 0.4) is 0 Å². The molecule has 2 atom stereocenters. The second-order valence-electron chi connectivity index (χ2n) is 7.81. The number of nitrogens with one attached hydrogen (secondary N) is 1. The molecule has 0 aliphatic carbocycles. The summed E-state index contributed by atoms with van der Waals surface area (Å²) >= 11 is 0. The number of aldehydes is 1. The first-order valence-electron chi connectivity index (χ1n) is 11.6. The largest absolute Gasteiger partial charge is 0.394 e. The van der Waals surface area contributed by atoms with Gasteiger partial charge in [0.25, 0.3) is 0 Å². The number of hydrogen-bond donors (Lipinski definition) is 4. The summed E-state index contributed by atoms with van der Waals surface area (Å²) < 4.78 is 4.89. The van der Waals surface area contributed by atoms with Crippen LogP contribution in [0.4, 0.5) is 0 Å². The summed E-state index contributed by atoms with van der Waals surface area (Å²) in [5.74, 6) is -1.19. The van der Waals surface area contributed by atoms with Crippen molar-refractivity contribution in [1.29, 1.82) is 0 Å². The number of nitrogens with zero attached hydrogens (tertiary/aromatic N) is 1. The Morgan fingerprint density at radius 2 is 1.74 bits per heavy atom. The highest BCUT2D eigenvalue weighted by atomic mass is 16.7. The van der Waals surface area contributed by atoms with Crippen LogP contribution < -0.4 is 5.48 Å². The lowest BCUT2D eigenvalue weighted by Gasteiger charge is -2.08. The topological polar surface area (TPSA) is 138 Å². The molecule has 0 aromatic heterocycles. The molecule has 1 aromatic rings. The van der Waals surface area contributed by atoms with Gasteiger partial charge in [-0.15, -0.1) is 0 Å². The predicted octanol–water partition coefficient (Wildman–Crippen LogP) is 3.68. The van der Waals surface area contributed by atoms with Gasteiger partial charge in [0.15, 0.2) is 11.6 Å². The highest BCUT2D eigenvalue weighted by Gasteiger charge is 2.06. The van der Waals surface area contributed by atoms with Gasteiger partial charge in [-0.05, 0) is 51.8 Å². The maximum atomic E-state index is 11.5. The number of carbonyl (C=O) groups is 2. The Hall–Kier alpha value is -2.59. The zero-order valence-electron chi connectivity index (χ0n) is 22.5. The standard InChI is InChI=1S/C12H14N2O2.C6H14O2.C5H10O.C3H8O2/c1-3-7-11(13-2)14-16-12(15)10-8-5-4-6-9-10;1-3-4-6(5-7)8-2;1-3-5(2)4-6;1-3(2,4)5/h3-9H,1-2H3,(H,13,14);6-7H,3-5H2,1-2H3;4-5H,3H2,1-2H3;4-5H,1-2H3/b7-3-;;;. The molecule has 0 aliphatic rings. The minimum atomic E-state index is -1.50. The maximum Gasteiger partial charge on any atom is 0.362 e. The molecule has 1 rings (SSSR count). The van der Waals surface area contributed by atoms with Gasteiger partial charge in [0.2, 0.25) is 0 Å². The number of hydroxylamine groups is 1. The first-order chi connectivity index (χ1) is 16.4. The summed E-state index contributed by atoms with van der Waals surface area (Å²) in [6.07, 6.45) is 7.51. The van der Waals surface area contributed by atoms with Gasteiger partial charge in [-0.2, -0.15) is 0 Å². The molecule has 0 aliphatic heterocycles. The van der Waals surface area contributed by atoms with Gasteiger partial charge in [0.05, 0.1) is 18.3 Å². The second kappa shape index (κ2) is 24.5. The summed E-state index contributed by atoms with van der Waals surface area (Å²) in [6.45, 7) is 10.6. The number of aliphatic hydroxyl groups excluding tert-OH is 1. The molecule has 0 spiro atoms.